The Balaban J connectivity index is 2.83. The van der Waals surface area contributed by atoms with Crippen molar-refractivity contribution in [3.63, 3.8) is 0 Å². The molecule has 0 aliphatic rings. The first-order valence-corrected chi connectivity index (χ1v) is 8.11. The summed E-state index contributed by atoms with van der Waals surface area (Å²) in [7, 11) is 0. The van der Waals surface area contributed by atoms with Crippen molar-refractivity contribution in [2.75, 3.05) is 0 Å². The van der Waals surface area contributed by atoms with E-state index in [1.54, 1.807) is 13.8 Å². The Morgan fingerprint density at radius 1 is 0.792 bits per heavy atom. The minimum absolute atomic E-state index is 0.168. The van der Waals surface area contributed by atoms with E-state index in [4.69, 9.17) is 1.37 Å². The quantitative estimate of drug-likeness (QED) is 0.585. The van der Waals surface area contributed by atoms with E-state index in [9.17, 15) is 10.1 Å². The maximum atomic E-state index is 11.4. The molecule has 1 aromatic carbocycles. The standard InChI is InChI=1S/C20H26N2O2/c1-10-12(3)20(22(23)24)13(4)11(2)18(10)9-19-14(5)16(7)21-17(8)15(19)6/h9H2,1-8H3/i9D. The van der Waals surface area contributed by atoms with E-state index >= 15 is 0 Å². The molecule has 2 rings (SSSR count). The fraction of sp³-hybridized carbons (Fsp3) is 0.450. The first kappa shape index (κ1) is 16.6. The van der Waals surface area contributed by atoms with Crippen LogP contribution >= 0.6 is 0 Å². The average Bonchev–Trinajstić information content (AvgIpc) is 2.51. The Hall–Kier alpha value is -2.23. The number of benzene rings is 1. The third kappa shape index (κ3) is 2.81. The summed E-state index contributed by atoms with van der Waals surface area (Å²) in [5, 5.41) is 11.4. The third-order valence-electron chi connectivity index (χ3n) is 5.34. The first-order valence-electron chi connectivity index (χ1n) is 8.69. The van der Waals surface area contributed by atoms with E-state index in [0.717, 1.165) is 44.8 Å². The molecule has 0 aliphatic heterocycles. The van der Waals surface area contributed by atoms with Gasteiger partial charge in [-0.05, 0) is 95.2 Å². The van der Waals surface area contributed by atoms with Gasteiger partial charge in [0.2, 0.25) is 0 Å². The van der Waals surface area contributed by atoms with E-state index in [1.165, 1.54) is 0 Å². The fourth-order valence-electron chi connectivity index (χ4n) is 3.26. The summed E-state index contributed by atoms with van der Waals surface area (Å²) in [4.78, 5) is 15.7. The lowest BCUT2D eigenvalue weighted by atomic mass is 9.86. The molecule has 0 radical (unpaired) electrons. The van der Waals surface area contributed by atoms with Gasteiger partial charge in [0, 0.05) is 23.9 Å². The third-order valence-corrected chi connectivity index (χ3v) is 5.34. The monoisotopic (exact) mass is 327 g/mol. The van der Waals surface area contributed by atoms with Gasteiger partial charge in [0.25, 0.3) is 5.69 Å². The summed E-state index contributed by atoms with van der Waals surface area (Å²) in [6.45, 7) is 15.3. The number of nitro benzene ring substituents is 1. The van der Waals surface area contributed by atoms with Crippen LogP contribution in [0.1, 0.15) is 57.3 Å². The normalized spacial score (nSPS) is 12.9. The van der Waals surface area contributed by atoms with Gasteiger partial charge in [0.1, 0.15) is 0 Å². The van der Waals surface area contributed by atoms with Crippen LogP contribution in [-0.2, 0) is 6.40 Å². The van der Waals surface area contributed by atoms with Crippen LogP contribution in [0.3, 0.4) is 0 Å². The van der Waals surface area contributed by atoms with Crippen molar-refractivity contribution in [3.05, 3.63) is 66.0 Å². The lowest BCUT2D eigenvalue weighted by Crippen LogP contribution is -2.09. The Labute approximate surface area is 145 Å². The SMILES string of the molecule is [2H]C(c1c(C)c(C)nc(C)c1C)c1c(C)c(C)c([N+](=O)[O-])c(C)c1C. The molecule has 1 heterocycles. The molecule has 4 heteroatoms. The number of pyridine rings is 1. The highest BCUT2D eigenvalue weighted by molar-refractivity contribution is 5.59. The second-order valence-electron chi connectivity index (χ2n) is 6.61. The fourth-order valence-corrected chi connectivity index (χ4v) is 3.26. The van der Waals surface area contributed by atoms with Gasteiger partial charge in [0.05, 0.1) is 4.92 Å². The van der Waals surface area contributed by atoms with Gasteiger partial charge in [-0.25, -0.2) is 0 Å². The summed E-state index contributed by atoms with van der Waals surface area (Å²) in [5.41, 5.74) is 8.88. The Kier molecular flexibility index (Phi) is 4.39. The molecule has 4 nitrogen and oxygen atoms in total. The summed E-state index contributed by atoms with van der Waals surface area (Å²) in [5.74, 6) is 0. The van der Waals surface area contributed by atoms with Crippen LogP contribution in [0.15, 0.2) is 0 Å². The molecular weight excluding hydrogens is 300 g/mol. The molecule has 0 spiro atoms. The number of hydrogen-bond donors (Lipinski definition) is 0. The molecule has 1 atom stereocenters. The van der Waals surface area contributed by atoms with Gasteiger partial charge in [-0.2, -0.15) is 0 Å². The minimum Gasteiger partial charge on any atom is -0.258 e. The molecule has 0 aliphatic carbocycles. The Bertz CT molecular complexity index is 833. The second-order valence-corrected chi connectivity index (χ2v) is 6.61. The summed E-state index contributed by atoms with van der Waals surface area (Å²) in [6, 6.07) is 0. The molecule has 0 amide bonds. The summed E-state index contributed by atoms with van der Waals surface area (Å²) in [6.07, 6.45) is -0.585. The van der Waals surface area contributed by atoms with Crippen LogP contribution in [0.2, 0.25) is 0 Å². The van der Waals surface area contributed by atoms with Gasteiger partial charge < -0.3 is 0 Å². The van der Waals surface area contributed by atoms with E-state index in [-0.39, 0.29) is 10.6 Å². The molecule has 0 saturated heterocycles. The molecule has 24 heavy (non-hydrogen) atoms. The zero-order valence-corrected chi connectivity index (χ0v) is 15.8. The molecule has 0 fully saturated rings. The van der Waals surface area contributed by atoms with E-state index in [1.807, 2.05) is 41.5 Å². The van der Waals surface area contributed by atoms with E-state index in [2.05, 4.69) is 4.98 Å². The lowest BCUT2D eigenvalue weighted by Gasteiger charge is -2.19. The molecule has 2 aromatic rings. The Morgan fingerprint density at radius 3 is 1.54 bits per heavy atom. The highest BCUT2D eigenvalue weighted by Gasteiger charge is 2.23. The highest BCUT2D eigenvalue weighted by Crippen LogP contribution is 2.34. The predicted octanol–water partition coefficient (Wildman–Crippen LogP) is 5.05. The zero-order chi connectivity index (χ0) is 19.2. The molecule has 0 N–H and O–H groups in total. The lowest BCUT2D eigenvalue weighted by molar-refractivity contribution is -0.386. The largest absolute Gasteiger partial charge is 0.275 e. The minimum atomic E-state index is -0.585. The Morgan fingerprint density at radius 2 is 1.17 bits per heavy atom. The van der Waals surface area contributed by atoms with Gasteiger partial charge in [0.15, 0.2) is 0 Å². The van der Waals surface area contributed by atoms with Crippen molar-refractivity contribution < 1.29 is 6.29 Å². The van der Waals surface area contributed by atoms with E-state index in [0.29, 0.717) is 11.1 Å². The maximum absolute atomic E-state index is 11.4. The topological polar surface area (TPSA) is 56.0 Å². The number of aromatic nitrogens is 1. The van der Waals surface area contributed by atoms with Crippen molar-refractivity contribution in [2.45, 2.75) is 61.8 Å². The van der Waals surface area contributed by atoms with Gasteiger partial charge in [-0.15, -0.1) is 0 Å². The van der Waals surface area contributed by atoms with Crippen molar-refractivity contribution in [1.29, 1.82) is 0 Å². The predicted molar refractivity (Wildman–Crippen MR) is 98.0 cm³/mol. The highest BCUT2D eigenvalue weighted by atomic mass is 16.6. The smallest absolute Gasteiger partial charge is 0.258 e. The van der Waals surface area contributed by atoms with Crippen LogP contribution < -0.4 is 0 Å². The number of aryl methyl sites for hydroxylation is 2. The van der Waals surface area contributed by atoms with E-state index < -0.39 is 6.40 Å². The number of rotatable bonds is 3. The van der Waals surface area contributed by atoms with Crippen molar-refractivity contribution in [1.82, 2.24) is 4.98 Å². The molecule has 128 valence electrons. The zero-order valence-electron chi connectivity index (χ0n) is 16.8. The number of nitro groups is 1. The number of hydrogen-bond acceptors (Lipinski definition) is 3. The second kappa shape index (κ2) is 6.34. The van der Waals surface area contributed by atoms with Gasteiger partial charge in [-0.1, -0.05) is 0 Å². The number of nitrogens with zero attached hydrogens (tertiary/aromatic N) is 2. The van der Waals surface area contributed by atoms with Crippen LogP contribution in [-0.4, -0.2) is 9.91 Å². The molecule has 1 unspecified atom stereocenters. The van der Waals surface area contributed by atoms with Crippen LogP contribution in [0.4, 0.5) is 5.69 Å². The molecule has 0 saturated carbocycles. The molecule has 1 aromatic heterocycles. The summed E-state index contributed by atoms with van der Waals surface area (Å²) >= 11 is 0. The van der Waals surface area contributed by atoms with Gasteiger partial charge in [-0.3, -0.25) is 15.1 Å². The molecular formula is C20H26N2O2. The van der Waals surface area contributed by atoms with Crippen molar-refractivity contribution in [2.24, 2.45) is 0 Å². The average molecular weight is 327 g/mol. The van der Waals surface area contributed by atoms with Crippen LogP contribution in [0.5, 0.6) is 0 Å². The first-order chi connectivity index (χ1) is 11.5. The van der Waals surface area contributed by atoms with Crippen molar-refractivity contribution >= 4 is 5.69 Å². The summed E-state index contributed by atoms with van der Waals surface area (Å²) < 4.78 is 8.98. The molecule has 0 bridgehead atoms. The van der Waals surface area contributed by atoms with Crippen molar-refractivity contribution in [3.8, 4) is 0 Å². The van der Waals surface area contributed by atoms with Gasteiger partial charge >= 0.3 is 0 Å². The van der Waals surface area contributed by atoms with Crippen LogP contribution in [0.25, 0.3) is 0 Å². The maximum Gasteiger partial charge on any atom is 0.275 e. The van der Waals surface area contributed by atoms with Crippen LogP contribution in [0, 0.1) is 65.5 Å².